The van der Waals surface area contributed by atoms with Crippen LogP contribution in [0.1, 0.15) is 20.8 Å². The van der Waals surface area contributed by atoms with Crippen molar-refractivity contribution in [3.63, 3.8) is 0 Å². The number of carbonyl (C=O) groups is 1. The molecule has 1 aromatic carbocycles. The molecule has 1 amide bonds. The molecule has 0 bridgehead atoms. The third-order valence-corrected chi connectivity index (χ3v) is 3.77. The first-order valence-electron chi connectivity index (χ1n) is 6.80. The topological polar surface area (TPSA) is 75.7 Å². The Hall–Kier alpha value is -1.90. The van der Waals surface area contributed by atoms with Crippen molar-refractivity contribution < 1.29 is 26.7 Å². The molecule has 0 saturated carbocycles. The zero-order valence-corrected chi connectivity index (χ0v) is 14.2. The normalized spacial score (nSPS) is 11.9. The molecular weight excluding hydrogens is 330 g/mol. The molecule has 0 aromatic heterocycles. The minimum absolute atomic E-state index is 0.0302. The van der Waals surface area contributed by atoms with Crippen molar-refractivity contribution in [2.75, 3.05) is 23.7 Å². The summed E-state index contributed by atoms with van der Waals surface area (Å²) in [7, 11) is -3.73. The zero-order chi connectivity index (χ0) is 17.8. The Balaban J connectivity index is 2.78. The van der Waals surface area contributed by atoms with Gasteiger partial charge in [0.15, 0.2) is 11.6 Å². The molecule has 9 heteroatoms. The average molecular weight is 350 g/mol. The molecule has 0 aliphatic heterocycles. The number of benzene rings is 1. The molecule has 0 radical (unpaired) electrons. The molecule has 1 aromatic rings. The number of sulfonamides is 1. The number of hydrogen-bond donors (Lipinski definition) is 1. The Morgan fingerprint density at radius 3 is 2.35 bits per heavy atom. The number of carbonyl (C=O) groups excluding carboxylic acids is 1. The van der Waals surface area contributed by atoms with Crippen LogP contribution < -0.4 is 9.62 Å². The highest BCUT2D eigenvalue weighted by molar-refractivity contribution is 7.92. The number of ether oxygens (including phenoxy) is 1. The molecule has 0 aliphatic rings. The molecule has 23 heavy (non-hydrogen) atoms. The van der Waals surface area contributed by atoms with Crippen LogP contribution in [0.15, 0.2) is 18.2 Å². The minimum atomic E-state index is -3.73. The number of hydrogen-bond acceptors (Lipinski definition) is 4. The van der Waals surface area contributed by atoms with Crippen LogP contribution in [0.4, 0.5) is 19.3 Å². The fourth-order valence-electron chi connectivity index (χ4n) is 1.70. The molecule has 0 fully saturated rings. The summed E-state index contributed by atoms with van der Waals surface area (Å²) in [5.41, 5.74) is -0.710. The van der Waals surface area contributed by atoms with Gasteiger partial charge in [-0.25, -0.2) is 22.0 Å². The van der Waals surface area contributed by atoms with E-state index in [9.17, 15) is 22.0 Å². The van der Waals surface area contributed by atoms with Crippen molar-refractivity contribution in [2.45, 2.75) is 26.4 Å². The van der Waals surface area contributed by atoms with Crippen LogP contribution in [0.25, 0.3) is 0 Å². The van der Waals surface area contributed by atoms with Gasteiger partial charge in [-0.3, -0.25) is 4.31 Å². The lowest BCUT2D eigenvalue weighted by atomic mass is 10.2. The maximum atomic E-state index is 13.3. The molecule has 1 N–H and O–H groups in total. The van der Waals surface area contributed by atoms with Gasteiger partial charge in [0.1, 0.15) is 5.60 Å². The largest absolute Gasteiger partial charge is 0.444 e. The summed E-state index contributed by atoms with van der Waals surface area (Å²) >= 11 is 0. The fourth-order valence-corrected chi connectivity index (χ4v) is 2.62. The molecule has 6 nitrogen and oxygen atoms in total. The summed E-state index contributed by atoms with van der Waals surface area (Å²) in [6.45, 7) is 4.87. The predicted molar refractivity (Wildman–Crippen MR) is 82.8 cm³/mol. The van der Waals surface area contributed by atoms with E-state index in [1.54, 1.807) is 20.8 Å². The maximum absolute atomic E-state index is 13.3. The lowest BCUT2D eigenvalue weighted by molar-refractivity contribution is 0.0529. The van der Waals surface area contributed by atoms with Crippen LogP contribution in [0.3, 0.4) is 0 Å². The van der Waals surface area contributed by atoms with Gasteiger partial charge in [0.25, 0.3) is 0 Å². The third-order valence-electron chi connectivity index (χ3n) is 2.57. The predicted octanol–water partition coefficient (Wildman–Crippen LogP) is 2.26. The molecule has 0 heterocycles. The van der Waals surface area contributed by atoms with Crippen molar-refractivity contribution in [3.8, 4) is 0 Å². The first kappa shape index (κ1) is 19.1. The van der Waals surface area contributed by atoms with E-state index in [-0.39, 0.29) is 18.8 Å². The van der Waals surface area contributed by atoms with Gasteiger partial charge in [-0.15, -0.1) is 0 Å². The van der Waals surface area contributed by atoms with Gasteiger partial charge in [-0.1, -0.05) is 0 Å². The van der Waals surface area contributed by atoms with Crippen molar-refractivity contribution in [3.05, 3.63) is 29.8 Å². The number of nitrogens with zero attached hydrogens (tertiary/aromatic N) is 1. The van der Waals surface area contributed by atoms with Crippen LogP contribution in [0.2, 0.25) is 0 Å². The number of anilines is 1. The molecule has 0 aliphatic carbocycles. The van der Waals surface area contributed by atoms with E-state index < -0.39 is 33.4 Å². The lowest BCUT2D eigenvalue weighted by Gasteiger charge is -2.24. The average Bonchev–Trinajstić information content (AvgIpc) is 2.34. The van der Waals surface area contributed by atoms with E-state index in [4.69, 9.17) is 4.74 Å². The first-order chi connectivity index (χ1) is 10.4. The second-order valence-corrected chi connectivity index (χ2v) is 7.77. The quantitative estimate of drug-likeness (QED) is 0.884. The Labute approximate surface area is 134 Å². The van der Waals surface area contributed by atoms with E-state index in [0.717, 1.165) is 28.8 Å². The van der Waals surface area contributed by atoms with Crippen molar-refractivity contribution in [2.24, 2.45) is 0 Å². The van der Waals surface area contributed by atoms with E-state index >= 15 is 0 Å². The smallest absolute Gasteiger partial charge is 0.407 e. The van der Waals surface area contributed by atoms with Crippen LogP contribution >= 0.6 is 0 Å². The molecule has 0 unspecified atom stereocenters. The van der Waals surface area contributed by atoms with Crippen molar-refractivity contribution in [1.82, 2.24) is 5.32 Å². The number of nitrogens with one attached hydrogen (secondary N) is 1. The SMILES string of the molecule is CC(C)(C)OC(=O)NCCN(c1ccc(F)c(F)c1)S(C)(=O)=O. The summed E-state index contributed by atoms with van der Waals surface area (Å²) < 4.78 is 55.7. The zero-order valence-electron chi connectivity index (χ0n) is 13.4. The number of rotatable bonds is 5. The Morgan fingerprint density at radius 2 is 1.87 bits per heavy atom. The van der Waals surface area contributed by atoms with Gasteiger partial charge >= 0.3 is 6.09 Å². The Bertz CT molecular complexity index is 672. The van der Waals surface area contributed by atoms with Gasteiger partial charge < -0.3 is 10.1 Å². The van der Waals surface area contributed by atoms with E-state index in [2.05, 4.69) is 5.32 Å². The fraction of sp³-hybridized carbons (Fsp3) is 0.500. The highest BCUT2D eigenvalue weighted by atomic mass is 32.2. The first-order valence-corrected chi connectivity index (χ1v) is 8.64. The van der Waals surface area contributed by atoms with Gasteiger partial charge in [-0.05, 0) is 32.9 Å². The summed E-state index contributed by atoms with van der Waals surface area (Å²) in [6.07, 6.45) is 0.234. The number of halogens is 2. The van der Waals surface area contributed by atoms with Gasteiger partial charge in [-0.2, -0.15) is 0 Å². The third kappa shape index (κ3) is 6.39. The van der Waals surface area contributed by atoms with Crippen LogP contribution in [-0.2, 0) is 14.8 Å². The second-order valence-electron chi connectivity index (χ2n) is 5.86. The molecule has 0 atom stereocenters. The number of amides is 1. The monoisotopic (exact) mass is 350 g/mol. The van der Waals surface area contributed by atoms with E-state index in [1.165, 1.54) is 0 Å². The standard InChI is InChI=1S/C14H20F2N2O4S/c1-14(2,3)22-13(19)17-7-8-18(23(4,20)21)10-5-6-11(15)12(16)9-10/h5-6,9H,7-8H2,1-4H3,(H,17,19). The minimum Gasteiger partial charge on any atom is -0.444 e. The summed E-state index contributed by atoms with van der Waals surface area (Å²) in [4.78, 5) is 11.5. The van der Waals surface area contributed by atoms with Crippen molar-refractivity contribution in [1.29, 1.82) is 0 Å². The summed E-state index contributed by atoms with van der Waals surface area (Å²) in [5, 5.41) is 2.40. The molecule has 130 valence electrons. The van der Waals surface area contributed by atoms with Crippen molar-refractivity contribution >= 4 is 21.8 Å². The Kier molecular flexibility index (Phi) is 5.92. The Morgan fingerprint density at radius 1 is 1.26 bits per heavy atom. The van der Waals surface area contributed by atoms with Crippen LogP contribution in [0, 0.1) is 11.6 Å². The van der Waals surface area contributed by atoms with Crippen LogP contribution in [-0.4, -0.2) is 39.5 Å². The van der Waals surface area contributed by atoms with Crippen LogP contribution in [0.5, 0.6) is 0 Å². The molecule has 1 rings (SSSR count). The van der Waals surface area contributed by atoms with E-state index in [1.807, 2.05) is 0 Å². The maximum Gasteiger partial charge on any atom is 0.407 e. The van der Waals surface area contributed by atoms with E-state index in [0.29, 0.717) is 0 Å². The summed E-state index contributed by atoms with van der Waals surface area (Å²) in [5.74, 6) is -2.23. The molecule has 0 saturated heterocycles. The molecular formula is C14H20F2N2O4S. The summed E-state index contributed by atoms with van der Waals surface area (Å²) in [6, 6.07) is 2.76. The number of alkyl carbamates (subject to hydrolysis) is 1. The lowest BCUT2D eigenvalue weighted by Crippen LogP contribution is -2.40. The highest BCUT2D eigenvalue weighted by Crippen LogP contribution is 2.20. The molecule has 0 spiro atoms. The van der Waals surface area contributed by atoms with Gasteiger partial charge in [0.05, 0.1) is 18.5 Å². The highest BCUT2D eigenvalue weighted by Gasteiger charge is 2.20. The second kappa shape index (κ2) is 7.12. The van der Waals surface area contributed by atoms with Gasteiger partial charge in [0, 0.05) is 12.6 Å². The van der Waals surface area contributed by atoms with Gasteiger partial charge in [0.2, 0.25) is 10.0 Å².